The van der Waals surface area contributed by atoms with Crippen LogP contribution in [0.15, 0.2) is 40.3 Å². The Kier molecular flexibility index (Phi) is 5.35. The lowest BCUT2D eigenvalue weighted by atomic mass is 10.3. The molecular formula is C11H12ClNO2S. The van der Waals surface area contributed by atoms with Gasteiger partial charge in [-0.1, -0.05) is 30.3 Å². The van der Waals surface area contributed by atoms with Crippen LogP contribution in [0, 0.1) is 10.1 Å². The summed E-state index contributed by atoms with van der Waals surface area (Å²) in [6.07, 6.45) is 1.27. The Hall–Kier alpha value is -1.00. The van der Waals surface area contributed by atoms with Crippen molar-refractivity contribution in [2.75, 3.05) is 0 Å². The van der Waals surface area contributed by atoms with E-state index in [0.717, 1.165) is 11.3 Å². The van der Waals surface area contributed by atoms with Crippen molar-refractivity contribution in [3.63, 3.8) is 0 Å². The fraction of sp³-hybridized carbons (Fsp3) is 0.273. The van der Waals surface area contributed by atoms with E-state index in [2.05, 4.69) is 0 Å². The molecule has 16 heavy (non-hydrogen) atoms. The van der Waals surface area contributed by atoms with Gasteiger partial charge in [-0.25, -0.2) is 0 Å². The molecule has 0 radical (unpaired) electrons. The van der Waals surface area contributed by atoms with E-state index in [1.807, 2.05) is 19.1 Å². The van der Waals surface area contributed by atoms with Gasteiger partial charge >= 0.3 is 0 Å². The average Bonchev–Trinajstić information content (AvgIpc) is 2.26. The SMILES string of the molecule is CCCC(=CSc1ccc(Cl)cc1)[N+](=O)[O-]. The molecule has 0 unspecified atom stereocenters. The molecule has 1 aromatic rings. The Bertz CT molecular complexity index is 389. The second-order valence-corrected chi connectivity index (χ2v) is 4.57. The van der Waals surface area contributed by atoms with Crippen LogP contribution in [0.25, 0.3) is 0 Å². The third-order valence-corrected chi connectivity index (χ3v) is 3.07. The summed E-state index contributed by atoms with van der Waals surface area (Å²) >= 11 is 7.08. The van der Waals surface area contributed by atoms with Crippen molar-refractivity contribution in [1.29, 1.82) is 0 Å². The molecule has 1 rings (SSSR count). The number of hydrogen-bond donors (Lipinski definition) is 0. The number of halogens is 1. The Morgan fingerprint density at radius 3 is 2.62 bits per heavy atom. The molecule has 0 amide bonds. The van der Waals surface area contributed by atoms with Crippen LogP contribution in [-0.2, 0) is 0 Å². The summed E-state index contributed by atoms with van der Waals surface area (Å²) in [6.45, 7) is 1.92. The lowest BCUT2D eigenvalue weighted by Gasteiger charge is -1.98. The molecule has 5 heteroatoms. The normalized spacial score (nSPS) is 11.5. The fourth-order valence-corrected chi connectivity index (χ4v) is 1.99. The first-order valence-electron chi connectivity index (χ1n) is 4.89. The molecule has 1 aromatic carbocycles. The molecular weight excluding hydrogens is 246 g/mol. The molecule has 0 aliphatic rings. The number of thioether (sulfide) groups is 1. The maximum Gasteiger partial charge on any atom is 0.252 e. The molecule has 0 aliphatic carbocycles. The topological polar surface area (TPSA) is 43.1 Å². The second-order valence-electron chi connectivity index (χ2n) is 3.19. The molecule has 0 atom stereocenters. The molecule has 0 saturated carbocycles. The van der Waals surface area contributed by atoms with Crippen LogP contribution in [0.2, 0.25) is 5.02 Å². The highest BCUT2D eigenvalue weighted by Crippen LogP contribution is 2.23. The van der Waals surface area contributed by atoms with E-state index < -0.39 is 0 Å². The molecule has 0 heterocycles. The van der Waals surface area contributed by atoms with Crippen LogP contribution in [0.5, 0.6) is 0 Å². The Balaban J connectivity index is 2.69. The quantitative estimate of drug-likeness (QED) is 0.447. The largest absolute Gasteiger partial charge is 0.259 e. The molecule has 0 N–H and O–H groups in total. The van der Waals surface area contributed by atoms with Gasteiger partial charge in [0.1, 0.15) is 0 Å². The van der Waals surface area contributed by atoms with E-state index in [0.29, 0.717) is 11.4 Å². The molecule has 0 aliphatic heterocycles. The zero-order valence-electron chi connectivity index (χ0n) is 8.85. The van der Waals surface area contributed by atoms with Crippen molar-refractivity contribution in [2.45, 2.75) is 24.7 Å². The smallest absolute Gasteiger partial charge is 0.252 e. The van der Waals surface area contributed by atoms with Gasteiger partial charge < -0.3 is 0 Å². The number of nitro groups is 1. The monoisotopic (exact) mass is 257 g/mol. The number of rotatable bonds is 5. The minimum atomic E-state index is -0.327. The van der Waals surface area contributed by atoms with Gasteiger partial charge in [-0.05, 0) is 30.7 Å². The van der Waals surface area contributed by atoms with Crippen molar-refractivity contribution >= 4 is 23.4 Å². The Labute approximate surface area is 104 Å². The van der Waals surface area contributed by atoms with Crippen LogP contribution in [0.4, 0.5) is 0 Å². The predicted molar refractivity (Wildman–Crippen MR) is 67.3 cm³/mol. The second kappa shape index (κ2) is 6.55. The van der Waals surface area contributed by atoms with E-state index in [9.17, 15) is 10.1 Å². The van der Waals surface area contributed by atoms with Crippen molar-refractivity contribution in [3.05, 3.63) is 50.5 Å². The van der Waals surface area contributed by atoms with Crippen LogP contribution >= 0.6 is 23.4 Å². The summed E-state index contributed by atoms with van der Waals surface area (Å²) in [5.41, 5.74) is 0.252. The summed E-state index contributed by atoms with van der Waals surface area (Å²) in [7, 11) is 0. The number of hydrogen-bond acceptors (Lipinski definition) is 3. The van der Waals surface area contributed by atoms with Gasteiger partial charge in [-0.15, -0.1) is 0 Å². The van der Waals surface area contributed by atoms with Gasteiger partial charge in [0.15, 0.2) is 0 Å². The lowest BCUT2D eigenvalue weighted by molar-refractivity contribution is -0.427. The summed E-state index contributed by atoms with van der Waals surface area (Å²) in [4.78, 5) is 11.3. The van der Waals surface area contributed by atoms with Gasteiger partial charge in [0.25, 0.3) is 5.70 Å². The standard InChI is InChI=1S/C11H12ClNO2S/c1-2-3-10(13(14)15)8-16-11-6-4-9(12)5-7-11/h4-8H,2-3H2,1H3. The molecule has 0 saturated heterocycles. The summed E-state index contributed by atoms with van der Waals surface area (Å²) in [6, 6.07) is 7.22. The highest BCUT2D eigenvalue weighted by molar-refractivity contribution is 8.02. The zero-order valence-corrected chi connectivity index (χ0v) is 10.4. The van der Waals surface area contributed by atoms with Crippen molar-refractivity contribution in [3.8, 4) is 0 Å². The summed E-state index contributed by atoms with van der Waals surface area (Å²) < 4.78 is 0. The van der Waals surface area contributed by atoms with Crippen LogP contribution in [0.3, 0.4) is 0 Å². The molecule has 0 fully saturated rings. The minimum absolute atomic E-state index is 0.252. The van der Waals surface area contributed by atoms with Crippen LogP contribution < -0.4 is 0 Å². The predicted octanol–water partition coefficient (Wildman–Crippen LogP) is 4.35. The minimum Gasteiger partial charge on any atom is -0.259 e. The third kappa shape index (κ3) is 4.24. The van der Waals surface area contributed by atoms with E-state index in [1.54, 1.807) is 17.5 Å². The zero-order chi connectivity index (χ0) is 12.0. The number of benzene rings is 1. The lowest BCUT2D eigenvalue weighted by Crippen LogP contribution is -1.97. The van der Waals surface area contributed by atoms with Crippen LogP contribution in [0.1, 0.15) is 19.8 Å². The van der Waals surface area contributed by atoms with E-state index in [1.165, 1.54) is 11.8 Å². The van der Waals surface area contributed by atoms with Crippen molar-refractivity contribution in [2.24, 2.45) is 0 Å². The van der Waals surface area contributed by atoms with Crippen molar-refractivity contribution in [1.82, 2.24) is 0 Å². The first-order valence-corrected chi connectivity index (χ1v) is 6.15. The Morgan fingerprint density at radius 2 is 2.12 bits per heavy atom. The first-order chi connectivity index (χ1) is 7.63. The van der Waals surface area contributed by atoms with Gasteiger partial charge in [-0.3, -0.25) is 10.1 Å². The van der Waals surface area contributed by atoms with Gasteiger partial charge in [0, 0.05) is 21.7 Å². The van der Waals surface area contributed by atoms with E-state index in [-0.39, 0.29) is 10.6 Å². The fourth-order valence-electron chi connectivity index (χ4n) is 1.10. The molecule has 0 spiro atoms. The summed E-state index contributed by atoms with van der Waals surface area (Å²) in [5.74, 6) is 0. The molecule has 86 valence electrons. The van der Waals surface area contributed by atoms with Gasteiger partial charge in [0.05, 0.1) is 4.92 Å². The highest BCUT2D eigenvalue weighted by atomic mass is 35.5. The average molecular weight is 258 g/mol. The van der Waals surface area contributed by atoms with Crippen molar-refractivity contribution < 1.29 is 4.92 Å². The van der Waals surface area contributed by atoms with Gasteiger partial charge in [-0.2, -0.15) is 0 Å². The first kappa shape index (κ1) is 13.1. The van der Waals surface area contributed by atoms with Crippen LogP contribution in [-0.4, -0.2) is 4.92 Å². The van der Waals surface area contributed by atoms with E-state index in [4.69, 9.17) is 11.6 Å². The Morgan fingerprint density at radius 1 is 1.50 bits per heavy atom. The molecule has 0 aromatic heterocycles. The summed E-state index contributed by atoms with van der Waals surface area (Å²) in [5, 5.41) is 12.9. The maximum atomic E-state index is 10.7. The number of allylic oxidation sites excluding steroid dienone is 1. The molecule has 3 nitrogen and oxygen atoms in total. The third-order valence-electron chi connectivity index (χ3n) is 1.89. The molecule has 0 bridgehead atoms. The van der Waals surface area contributed by atoms with Gasteiger partial charge in [0.2, 0.25) is 0 Å². The number of nitrogens with zero attached hydrogens (tertiary/aromatic N) is 1. The highest BCUT2D eigenvalue weighted by Gasteiger charge is 2.08. The maximum absolute atomic E-state index is 10.7. The van der Waals surface area contributed by atoms with E-state index >= 15 is 0 Å².